The van der Waals surface area contributed by atoms with Gasteiger partial charge in [-0.1, -0.05) is 6.07 Å². The number of hydrogen-bond acceptors (Lipinski definition) is 7. The molecule has 0 saturated carbocycles. The molecule has 1 N–H and O–H groups in total. The van der Waals surface area contributed by atoms with E-state index in [9.17, 15) is 9.59 Å². The van der Waals surface area contributed by atoms with Gasteiger partial charge in [0.05, 0.1) is 39.4 Å². The zero-order chi connectivity index (χ0) is 21.4. The Kier molecular flexibility index (Phi) is 7.43. The van der Waals surface area contributed by atoms with Crippen LogP contribution in [0.5, 0.6) is 17.2 Å². The maximum absolute atomic E-state index is 12.3. The Hall–Kier alpha value is -3.73. The molecule has 0 spiro atoms. The summed E-state index contributed by atoms with van der Waals surface area (Å²) < 4.78 is 21.0. The van der Waals surface area contributed by atoms with Crippen LogP contribution in [-0.2, 0) is 20.7 Å². The second-order valence-corrected chi connectivity index (χ2v) is 6.02. The minimum absolute atomic E-state index is 0.0851. The van der Waals surface area contributed by atoms with Gasteiger partial charge in [0.25, 0.3) is 5.91 Å². The van der Waals surface area contributed by atoms with Crippen LogP contribution in [0.4, 0.5) is 5.69 Å². The number of nitrogens with one attached hydrogen (secondary N) is 1. The summed E-state index contributed by atoms with van der Waals surface area (Å²) >= 11 is 0. The first-order valence-electron chi connectivity index (χ1n) is 8.71. The average molecular weight is 398 g/mol. The first-order chi connectivity index (χ1) is 13.9. The summed E-state index contributed by atoms with van der Waals surface area (Å²) in [4.78, 5) is 24.5. The van der Waals surface area contributed by atoms with Crippen LogP contribution >= 0.6 is 0 Å². The molecule has 2 rings (SSSR count). The van der Waals surface area contributed by atoms with E-state index in [0.717, 1.165) is 0 Å². The maximum Gasteiger partial charge on any atom is 0.311 e. The number of anilines is 1. The van der Waals surface area contributed by atoms with Gasteiger partial charge >= 0.3 is 5.97 Å². The number of hydrogen-bond donors (Lipinski definition) is 1. The molecule has 0 heterocycles. The van der Waals surface area contributed by atoms with Crippen molar-refractivity contribution in [1.29, 1.82) is 5.26 Å². The van der Waals surface area contributed by atoms with E-state index in [0.29, 0.717) is 34.1 Å². The molecule has 152 valence electrons. The smallest absolute Gasteiger partial charge is 0.311 e. The van der Waals surface area contributed by atoms with Crippen LogP contribution in [0.3, 0.4) is 0 Å². The number of ether oxygens (including phenoxy) is 4. The molecule has 0 aliphatic rings. The highest BCUT2D eigenvalue weighted by atomic mass is 16.5. The fourth-order valence-corrected chi connectivity index (χ4v) is 2.61. The molecule has 0 unspecified atom stereocenters. The predicted molar refractivity (Wildman–Crippen MR) is 105 cm³/mol. The Morgan fingerprint density at radius 3 is 2.28 bits per heavy atom. The van der Waals surface area contributed by atoms with E-state index in [1.807, 2.05) is 6.07 Å². The fourth-order valence-electron chi connectivity index (χ4n) is 2.61. The quantitative estimate of drug-likeness (QED) is 0.681. The highest BCUT2D eigenvalue weighted by Crippen LogP contribution is 2.38. The Morgan fingerprint density at radius 1 is 1.07 bits per heavy atom. The zero-order valence-corrected chi connectivity index (χ0v) is 16.6. The molecule has 2 aromatic carbocycles. The van der Waals surface area contributed by atoms with Crippen molar-refractivity contribution < 1.29 is 28.5 Å². The number of methoxy groups -OCH3 is 3. The van der Waals surface area contributed by atoms with Crippen LogP contribution in [0, 0.1) is 11.3 Å². The molecule has 0 aliphatic carbocycles. The molecule has 8 heteroatoms. The Labute approximate surface area is 168 Å². The van der Waals surface area contributed by atoms with E-state index in [1.165, 1.54) is 34.3 Å². The molecule has 1 atom stereocenters. The van der Waals surface area contributed by atoms with Crippen molar-refractivity contribution >= 4 is 17.6 Å². The SMILES string of the molecule is COc1cc(CC(=O)O[C@H](C)C(=O)Nc2cccc(C#N)c2)cc(OC)c1OC. The monoisotopic (exact) mass is 398 g/mol. The topological polar surface area (TPSA) is 107 Å². The summed E-state index contributed by atoms with van der Waals surface area (Å²) in [6, 6.07) is 11.7. The number of nitrogens with zero attached hydrogens (tertiary/aromatic N) is 1. The molecular formula is C21H22N2O6. The highest BCUT2D eigenvalue weighted by molar-refractivity contribution is 5.95. The van der Waals surface area contributed by atoms with Crippen molar-refractivity contribution in [3.8, 4) is 23.3 Å². The molecule has 1 amide bonds. The van der Waals surface area contributed by atoms with Crippen LogP contribution in [0.15, 0.2) is 36.4 Å². The summed E-state index contributed by atoms with van der Waals surface area (Å²) in [6.45, 7) is 1.47. The standard InChI is InChI=1S/C21H22N2O6/c1-13(21(25)23-16-7-5-6-14(8-16)12-22)29-19(24)11-15-9-17(26-2)20(28-4)18(10-15)27-3/h5-10,13H,11H2,1-4H3,(H,23,25)/t13-/m1/s1. The Morgan fingerprint density at radius 2 is 1.72 bits per heavy atom. The lowest BCUT2D eigenvalue weighted by atomic mass is 10.1. The summed E-state index contributed by atoms with van der Waals surface area (Å²) in [5.41, 5.74) is 1.44. The Balaban J connectivity index is 2.02. The van der Waals surface area contributed by atoms with Gasteiger partial charge in [-0.05, 0) is 42.8 Å². The largest absolute Gasteiger partial charge is 0.493 e. The molecule has 0 radical (unpaired) electrons. The van der Waals surface area contributed by atoms with Crippen molar-refractivity contribution in [2.45, 2.75) is 19.4 Å². The molecule has 0 aromatic heterocycles. The summed E-state index contributed by atoms with van der Waals surface area (Å²) in [5.74, 6) is 0.154. The second kappa shape index (κ2) is 9.99. The van der Waals surface area contributed by atoms with Gasteiger partial charge < -0.3 is 24.3 Å². The van der Waals surface area contributed by atoms with Gasteiger partial charge in [0.1, 0.15) is 0 Å². The summed E-state index contributed by atoms with van der Waals surface area (Å²) in [7, 11) is 4.45. The lowest BCUT2D eigenvalue weighted by Crippen LogP contribution is -2.30. The molecular weight excluding hydrogens is 376 g/mol. The van der Waals surface area contributed by atoms with Crippen molar-refractivity contribution in [3.05, 3.63) is 47.5 Å². The zero-order valence-electron chi connectivity index (χ0n) is 16.6. The highest BCUT2D eigenvalue weighted by Gasteiger charge is 2.20. The van der Waals surface area contributed by atoms with Gasteiger partial charge in [-0.25, -0.2) is 0 Å². The predicted octanol–water partition coefficient (Wildman–Crippen LogP) is 2.70. The van der Waals surface area contributed by atoms with Crippen molar-refractivity contribution in [2.24, 2.45) is 0 Å². The van der Waals surface area contributed by atoms with Gasteiger partial charge in [0, 0.05) is 5.69 Å². The second-order valence-electron chi connectivity index (χ2n) is 6.02. The number of carbonyl (C=O) groups is 2. The minimum atomic E-state index is -1.02. The normalized spacial score (nSPS) is 11.0. The van der Waals surface area contributed by atoms with Crippen LogP contribution in [-0.4, -0.2) is 39.3 Å². The lowest BCUT2D eigenvalue weighted by molar-refractivity contribution is -0.152. The number of carbonyl (C=O) groups excluding carboxylic acids is 2. The summed E-state index contributed by atoms with van der Waals surface area (Å²) in [6.07, 6.45) is -1.10. The number of esters is 1. The maximum atomic E-state index is 12.3. The van der Waals surface area contributed by atoms with Gasteiger partial charge in [0.15, 0.2) is 17.6 Å². The Bertz CT molecular complexity index is 910. The van der Waals surface area contributed by atoms with Crippen LogP contribution < -0.4 is 19.5 Å². The van der Waals surface area contributed by atoms with Gasteiger partial charge in [-0.3, -0.25) is 9.59 Å². The number of rotatable bonds is 8. The average Bonchev–Trinajstić information content (AvgIpc) is 2.72. The van der Waals surface area contributed by atoms with E-state index >= 15 is 0 Å². The van der Waals surface area contributed by atoms with E-state index < -0.39 is 18.0 Å². The number of nitriles is 1. The minimum Gasteiger partial charge on any atom is -0.493 e. The van der Waals surface area contributed by atoms with Gasteiger partial charge in [0.2, 0.25) is 5.75 Å². The van der Waals surface area contributed by atoms with Gasteiger partial charge in [-0.15, -0.1) is 0 Å². The molecule has 0 saturated heterocycles. The number of benzene rings is 2. The van der Waals surface area contributed by atoms with Crippen LogP contribution in [0.1, 0.15) is 18.1 Å². The molecule has 0 bridgehead atoms. The van der Waals surface area contributed by atoms with Crippen molar-refractivity contribution in [3.63, 3.8) is 0 Å². The molecule has 29 heavy (non-hydrogen) atoms. The van der Waals surface area contributed by atoms with Crippen LogP contribution in [0.25, 0.3) is 0 Å². The first kappa shape index (κ1) is 21.6. The third-order valence-corrected chi connectivity index (χ3v) is 4.01. The van der Waals surface area contributed by atoms with E-state index in [1.54, 1.807) is 30.3 Å². The van der Waals surface area contributed by atoms with Gasteiger partial charge in [-0.2, -0.15) is 5.26 Å². The fraction of sp³-hybridized carbons (Fsp3) is 0.286. The lowest BCUT2D eigenvalue weighted by Gasteiger charge is -2.15. The molecule has 8 nitrogen and oxygen atoms in total. The van der Waals surface area contributed by atoms with E-state index in [2.05, 4.69) is 5.32 Å². The molecule has 0 aliphatic heterocycles. The van der Waals surface area contributed by atoms with Crippen LogP contribution in [0.2, 0.25) is 0 Å². The number of amides is 1. The molecule has 2 aromatic rings. The van der Waals surface area contributed by atoms with Crippen molar-refractivity contribution in [1.82, 2.24) is 0 Å². The van der Waals surface area contributed by atoms with E-state index in [-0.39, 0.29) is 6.42 Å². The third kappa shape index (κ3) is 5.62. The third-order valence-electron chi connectivity index (χ3n) is 4.01. The van der Waals surface area contributed by atoms with Crippen molar-refractivity contribution in [2.75, 3.05) is 26.6 Å². The molecule has 0 fully saturated rings. The first-order valence-corrected chi connectivity index (χ1v) is 8.71. The summed E-state index contributed by atoms with van der Waals surface area (Å²) in [5, 5.41) is 11.5. The van der Waals surface area contributed by atoms with E-state index in [4.69, 9.17) is 24.2 Å².